The van der Waals surface area contributed by atoms with Crippen LogP contribution in [-0.4, -0.2) is 23.2 Å². The zero-order chi connectivity index (χ0) is 13.7. The molecule has 4 N–H and O–H groups in total. The van der Waals surface area contributed by atoms with Crippen LogP contribution in [0.3, 0.4) is 0 Å². The molecule has 0 spiro atoms. The monoisotopic (exact) mass is 260 g/mol. The number of aromatic nitrogens is 2. The van der Waals surface area contributed by atoms with Crippen LogP contribution in [0.2, 0.25) is 0 Å². The lowest BCUT2D eigenvalue weighted by Gasteiger charge is -2.08. The Kier molecular flexibility index (Phi) is 4.02. The molecule has 0 unspecified atom stereocenters. The summed E-state index contributed by atoms with van der Waals surface area (Å²) >= 11 is 0. The van der Waals surface area contributed by atoms with Crippen molar-refractivity contribution < 1.29 is 9.53 Å². The number of H-pyrrole nitrogens is 1. The molecule has 0 saturated heterocycles. The normalized spacial score (nSPS) is 10.2. The SMILES string of the molecule is COc1ccccc1CC(=O)NCc1cn[nH]c1N. The van der Waals surface area contributed by atoms with E-state index in [1.807, 2.05) is 24.3 Å². The van der Waals surface area contributed by atoms with Gasteiger partial charge in [-0.3, -0.25) is 9.89 Å². The number of carbonyl (C=O) groups is 1. The number of rotatable bonds is 5. The maximum absolute atomic E-state index is 11.8. The highest BCUT2D eigenvalue weighted by molar-refractivity contribution is 5.79. The van der Waals surface area contributed by atoms with E-state index in [2.05, 4.69) is 15.5 Å². The molecule has 0 aliphatic rings. The fourth-order valence-corrected chi connectivity index (χ4v) is 1.74. The minimum Gasteiger partial charge on any atom is -0.496 e. The lowest BCUT2D eigenvalue weighted by Crippen LogP contribution is -2.24. The third kappa shape index (κ3) is 3.25. The molecule has 0 fully saturated rings. The Bertz CT molecular complexity index is 565. The van der Waals surface area contributed by atoms with Crippen LogP contribution < -0.4 is 15.8 Å². The Morgan fingerprint density at radius 3 is 2.89 bits per heavy atom. The molecule has 0 radical (unpaired) electrons. The van der Waals surface area contributed by atoms with E-state index in [-0.39, 0.29) is 12.3 Å². The molecule has 0 saturated carbocycles. The van der Waals surface area contributed by atoms with E-state index in [1.165, 1.54) is 0 Å². The molecule has 100 valence electrons. The van der Waals surface area contributed by atoms with Gasteiger partial charge in [-0.15, -0.1) is 0 Å². The second-order valence-electron chi connectivity index (χ2n) is 4.07. The Balaban J connectivity index is 1.93. The predicted octanol–water partition coefficient (Wildman–Crippen LogP) is 0.859. The summed E-state index contributed by atoms with van der Waals surface area (Å²) in [5.74, 6) is 1.09. The fraction of sp³-hybridized carbons (Fsp3) is 0.231. The second-order valence-corrected chi connectivity index (χ2v) is 4.07. The van der Waals surface area contributed by atoms with E-state index in [0.717, 1.165) is 11.1 Å². The molecule has 2 rings (SSSR count). The van der Waals surface area contributed by atoms with Crippen molar-refractivity contribution in [3.8, 4) is 5.75 Å². The van der Waals surface area contributed by atoms with Crippen molar-refractivity contribution >= 4 is 11.7 Å². The molecule has 19 heavy (non-hydrogen) atoms. The topological polar surface area (TPSA) is 93.0 Å². The standard InChI is InChI=1S/C13H16N4O2/c1-19-11-5-3-2-4-9(11)6-12(18)15-7-10-8-16-17-13(10)14/h2-5,8H,6-7H2,1H3,(H,15,18)(H3,14,16,17). The number of amides is 1. The minimum atomic E-state index is -0.0925. The Hall–Kier alpha value is -2.50. The first-order chi connectivity index (χ1) is 9.20. The zero-order valence-electron chi connectivity index (χ0n) is 10.6. The van der Waals surface area contributed by atoms with Gasteiger partial charge in [-0.2, -0.15) is 5.10 Å². The first-order valence-electron chi connectivity index (χ1n) is 5.87. The van der Waals surface area contributed by atoms with Crippen molar-refractivity contribution in [2.75, 3.05) is 12.8 Å². The van der Waals surface area contributed by atoms with E-state index in [1.54, 1.807) is 13.3 Å². The van der Waals surface area contributed by atoms with Crippen molar-refractivity contribution in [2.45, 2.75) is 13.0 Å². The molecule has 1 heterocycles. The second kappa shape index (κ2) is 5.90. The zero-order valence-corrected chi connectivity index (χ0v) is 10.6. The molecule has 1 amide bonds. The van der Waals surface area contributed by atoms with Gasteiger partial charge in [0.1, 0.15) is 11.6 Å². The Labute approximate surface area is 111 Å². The van der Waals surface area contributed by atoms with Crippen LogP contribution in [0.1, 0.15) is 11.1 Å². The van der Waals surface area contributed by atoms with Gasteiger partial charge in [0.2, 0.25) is 5.91 Å². The fourth-order valence-electron chi connectivity index (χ4n) is 1.74. The number of nitrogens with one attached hydrogen (secondary N) is 2. The third-order valence-electron chi connectivity index (χ3n) is 2.77. The summed E-state index contributed by atoms with van der Waals surface area (Å²) in [6, 6.07) is 7.44. The summed E-state index contributed by atoms with van der Waals surface area (Å²) in [6.45, 7) is 0.357. The number of aromatic amines is 1. The van der Waals surface area contributed by atoms with Crippen molar-refractivity contribution in [2.24, 2.45) is 0 Å². The van der Waals surface area contributed by atoms with Gasteiger partial charge in [-0.1, -0.05) is 18.2 Å². The summed E-state index contributed by atoms with van der Waals surface area (Å²) in [5, 5.41) is 9.20. The number of nitrogens with two attached hydrogens (primary N) is 1. The first kappa shape index (κ1) is 12.9. The smallest absolute Gasteiger partial charge is 0.224 e. The lowest BCUT2D eigenvalue weighted by atomic mass is 10.1. The van der Waals surface area contributed by atoms with Gasteiger partial charge in [0.05, 0.1) is 19.7 Å². The Morgan fingerprint density at radius 2 is 2.21 bits per heavy atom. The molecule has 0 bridgehead atoms. The highest BCUT2D eigenvalue weighted by Crippen LogP contribution is 2.17. The predicted molar refractivity (Wildman–Crippen MR) is 71.5 cm³/mol. The van der Waals surface area contributed by atoms with Gasteiger partial charge in [0.15, 0.2) is 0 Å². The minimum absolute atomic E-state index is 0.0925. The molecular weight excluding hydrogens is 244 g/mol. The van der Waals surface area contributed by atoms with Crippen LogP contribution in [0.4, 0.5) is 5.82 Å². The molecule has 0 aliphatic carbocycles. The van der Waals surface area contributed by atoms with Crippen LogP contribution in [0.5, 0.6) is 5.75 Å². The number of anilines is 1. The number of benzene rings is 1. The van der Waals surface area contributed by atoms with E-state index >= 15 is 0 Å². The number of carbonyl (C=O) groups excluding carboxylic acids is 1. The first-order valence-corrected chi connectivity index (χ1v) is 5.87. The van der Waals surface area contributed by atoms with Crippen LogP contribution >= 0.6 is 0 Å². The van der Waals surface area contributed by atoms with Gasteiger partial charge in [0, 0.05) is 17.7 Å². The largest absolute Gasteiger partial charge is 0.496 e. The maximum atomic E-state index is 11.8. The summed E-state index contributed by atoms with van der Waals surface area (Å²) < 4.78 is 5.20. The third-order valence-corrected chi connectivity index (χ3v) is 2.77. The summed E-state index contributed by atoms with van der Waals surface area (Å²) in [7, 11) is 1.59. The quantitative estimate of drug-likeness (QED) is 0.743. The van der Waals surface area contributed by atoms with Crippen molar-refractivity contribution in [1.82, 2.24) is 15.5 Å². The Morgan fingerprint density at radius 1 is 1.42 bits per heavy atom. The lowest BCUT2D eigenvalue weighted by molar-refractivity contribution is -0.120. The van der Waals surface area contributed by atoms with Gasteiger partial charge in [-0.05, 0) is 6.07 Å². The number of para-hydroxylation sites is 1. The number of hydrogen-bond donors (Lipinski definition) is 3. The summed E-state index contributed by atoms with van der Waals surface area (Å²) in [4.78, 5) is 11.8. The molecule has 1 aromatic carbocycles. The van der Waals surface area contributed by atoms with E-state index in [9.17, 15) is 4.79 Å². The van der Waals surface area contributed by atoms with E-state index in [4.69, 9.17) is 10.5 Å². The van der Waals surface area contributed by atoms with Gasteiger partial charge in [-0.25, -0.2) is 0 Å². The van der Waals surface area contributed by atoms with Gasteiger partial charge in [0.25, 0.3) is 0 Å². The molecule has 6 nitrogen and oxygen atoms in total. The maximum Gasteiger partial charge on any atom is 0.224 e. The summed E-state index contributed by atoms with van der Waals surface area (Å²) in [5.41, 5.74) is 7.26. The highest BCUT2D eigenvalue weighted by atomic mass is 16.5. The number of nitrogens with zero attached hydrogens (tertiary/aromatic N) is 1. The van der Waals surface area contributed by atoms with Crippen LogP contribution in [0.25, 0.3) is 0 Å². The summed E-state index contributed by atoms with van der Waals surface area (Å²) in [6.07, 6.45) is 1.86. The van der Waals surface area contributed by atoms with Crippen LogP contribution in [-0.2, 0) is 17.8 Å². The highest BCUT2D eigenvalue weighted by Gasteiger charge is 2.09. The molecule has 2 aromatic rings. The van der Waals surface area contributed by atoms with Crippen molar-refractivity contribution in [3.05, 3.63) is 41.6 Å². The molecule has 6 heteroatoms. The molecular formula is C13H16N4O2. The van der Waals surface area contributed by atoms with Crippen molar-refractivity contribution in [1.29, 1.82) is 0 Å². The number of methoxy groups -OCH3 is 1. The molecule has 1 aromatic heterocycles. The van der Waals surface area contributed by atoms with Gasteiger partial charge >= 0.3 is 0 Å². The molecule has 0 atom stereocenters. The average molecular weight is 260 g/mol. The van der Waals surface area contributed by atoms with Crippen LogP contribution in [0, 0.1) is 0 Å². The molecule has 0 aliphatic heterocycles. The van der Waals surface area contributed by atoms with Crippen LogP contribution in [0.15, 0.2) is 30.5 Å². The van der Waals surface area contributed by atoms with Crippen molar-refractivity contribution in [3.63, 3.8) is 0 Å². The van der Waals surface area contributed by atoms with E-state index in [0.29, 0.717) is 18.1 Å². The average Bonchev–Trinajstić information content (AvgIpc) is 2.82. The number of nitrogen functional groups attached to an aromatic ring is 1. The number of hydrogen-bond acceptors (Lipinski definition) is 4. The number of ether oxygens (including phenoxy) is 1. The van der Waals surface area contributed by atoms with E-state index < -0.39 is 0 Å². The van der Waals surface area contributed by atoms with Gasteiger partial charge < -0.3 is 15.8 Å².